The minimum absolute atomic E-state index is 0.0929. The molecule has 0 radical (unpaired) electrons. The number of rotatable bonds is 7. The fourth-order valence-electron chi connectivity index (χ4n) is 3.92. The smallest absolute Gasteiger partial charge is 0.251 e. The summed E-state index contributed by atoms with van der Waals surface area (Å²) in [4.78, 5) is 16.8. The highest BCUT2D eigenvalue weighted by atomic mass is 16.5. The van der Waals surface area contributed by atoms with Gasteiger partial charge in [-0.05, 0) is 80.7 Å². The summed E-state index contributed by atoms with van der Waals surface area (Å²) in [5.74, 6) is 2.10. The van der Waals surface area contributed by atoms with Gasteiger partial charge in [-0.2, -0.15) is 0 Å². The Labute approximate surface area is 183 Å². The summed E-state index contributed by atoms with van der Waals surface area (Å²) >= 11 is 0. The molecule has 4 rings (SSSR count). The van der Waals surface area contributed by atoms with Gasteiger partial charge in [-0.1, -0.05) is 12.1 Å². The summed E-state index contributed by atoms with van der Waals surface area (Å²) in [5, 5.41) is 12.8. The summed E-state index contributed by atoms with van der Waals surface area (Å²) in [6, 6.07) is 15.4. The third kappa shape index (κ3) is 5.98. The van der Waals surface area contributed by atoms with Crippen LogP contribution in [-0.2, 0) is 6.54 Å². The van der Waals surface area contributed by atoms with Crippen LogP contribution in [0.2, 0.25) is 0 Å². The molecule has 2 aromatic rings. The van der Waals surface area contributed by atoms with Gasteiger partial charge in [0, 0.05) is 24.3 Å². The van der Waals surface area contributed by atoms with Gasteiger partial charge in [0.15, 0.2) is 5.96 Å². The Bertz CT molecular complexity index is 889. The van der Waals surface area contributed by atoms with Crippen molar-refractivity contribution in [3.8, 4) is 5.75 Å². The molecule has 4 N–H and O–H groups in total. The summed E-state index contributed by atoms with van der Waals surface area (Å²) in [6.07, 6.45) is 2.46. The van der Waals surface area contributed by atoms with Crippen LogP contribution >= 0.6 is 0 Å². The zero-order chi connectivity index (χ0) is 21.5. The predicted molar refractivity (Wildman–Crippen MR) is 124 cm³/mol. The van der Waals surface area contributed by atoms with Gasteiger partial charge >= 0.3 is 0 Å². The molecular weight excluding hydrogens is 390 g/mol. The lowest BCUT2D eigenvalue weighted by Gasteiger charge is -2.28. The highest BCUT2D eigenvalue weighted by Crippen LogP contribution is 2.22. The van der Waals surface area contributed by atoms with E-state index in [1.165, 1.54) is 0 Å². The maximum absolute atomic E-state index is 12.5. The number of nitrogens with one attached hydrogen (secondary N) is 4. The van der Waals surface area contributed by atoms with Crippen molar-refractivity contribution in [2.75, 3.05) is 31.5 Å². The highest BCUT2D eigenvalue weighted by molar-refractivity contribution is 5.95. The largest absolute Gasteiger partial charge is 0.490 e. The molecule has 0 aliphatic carbocycles. The summed E-state index contributed by atoms with van der Waals surface area (Å²) in [5.41, 5.74) is 2.64. The monoisotopic (exact) mass is 421 g/mol. The van der Waals surface area contributed by atoms with Gasteiger partial charge in [-0.15, -0.1) is 0 Å². The molecule has 2 aliphatic heterocycles. The SMILES string of the molecule is CC(Oc1ccc(C(=O)NCc2ccc(NC3=NCCN3)cc2)cc1)C1CCNCC1. The van der Waals surface area contributed by atoms with E-state index in [1.54, 1.807) is 0 Å². The van der Waals surface area contributed by atoms with E-state index in [4.69, 9.17) is 4.74 Å². The van der Waals surface area contributed by atoms with Crippen LogP contribution in [0.15, 0.2) is 53.5 Å². The highest BCUT2D eigenvalue weighted by Gasteiger charge is 2.21. The molecule has 2 heterocycles. The lowest BCUT2D eigenvalue weighted by atomic mass is 9.93. The number of hydrogen-bond donors (Lipinski definition) is 4. The predicted octanol–water partition coefficient (Wildman–Crippen LogP) is 2.75. The van der Waals surface area contributed by atoms with Crippen LogP contribution in [0, 0.1) is 5.92 Å². The molecule has 1 saturated heterocycles. The van der Waals surface area contributed by atoms with Crippen molar-refractivity contribution in [2.24, 2.45) is 10.9 Å². The Morgan fingerprint density at radius 1 is 1.10 bits per heavy atom. The van der Waals surface area contributed by atoms with Crippen LogP contribution in [0.5, 0.6) is 5.75 Å². The normalized spacial score (nSPS) is 17.4. The molecule has 1 fully saturated rings. The van der Waals surface area contributed by atoms with Crippen molar-refractivity contribution >= 4 is 17.6 Å². The van der Waals surface area contributed by atoms with E-state index in [9.17, 15) is 4.79 Å². The zero-order valence-corrected chi connectivity index (χ0v) is 18.0. The molecular formula is C24H31N5O2. The van der Waals surface area contributed by atoms with Gasteiger partial charge in [0.2, 0.25) is 0 Å². The lowest BCUT2D eigenvalue weighted by Crippen LogP contribution is -2.35. The van der Waals surface area contributed by atoms with Gasteiger partial charge in [-0.25, -0.2) is 0 Å². The van der Waals surface area contributed by atoms with Gasteiger partial charge in [0.1, 0.15) is 5.75 Å². The average Bonchev–Trinajstić information content (AvgIpc) is 3.32. The van der Waals surface area contributed by atoms with Crippen LogP contribution in [0.1, 0.15) is 35.7 Å². The Hall–Kier alpha value is -3.06. The summed E-state index contributed by atoms with van der Waals surface area (Å²) in [7, 11) is 0. The molecule has 0 spiro atoms. The number of piperidine rings is 1. The second kappa shape index (κ2) is 10.3. The van der Waals surface area contributed by atoms with Crippen molar-refractivity contribution in [1.29, 1.82) is 0 Å². The number of carbonyl (C=O) groups is 1. The fourth-order valence-corrected chi connectivity index (χ4v) is 3.92. The zero-order valence-electron chi connectivity index (χ0n) is 18.0. The molecule has 0 saturated carbocycles. The molecule has 1 unspecified atom stereocenters. The van der Waals surface area contributed by atoms with Crippen molar-refractivity contribution in [1.82, 2.24) is 16.0 Å². The summed E-state index contributed by atoms with van der Waals surface area (Å²) in [6.45, 7) is 6.40. The topological polar surface area (TPSA) is 86.8 Å². The van der Waals surface area contributed by atoms with Crippen molar-refractivity contribution in [2.45, 2.75) is 32.4 Å². The standard InChI is InChI=1S/C24H31N5O2/c1-17(19-10-12-25-13-11-19)31-22-8-4-20(5-9-22)23(30)28-16-18-2-6-21(7-3-18)29-24-26-14-15-27-24/h2-9,17,19,25H,10-16H2,1H3,(H,28,30)(H2,26,27,29). The van der Waals surface area contributed by atoms with Crippen molar-refractivity contribution < 1.29 is 9.53 Å². The Morgan fingerprint density at radius 3 is 2.52 bits per heavy atom. The first-order valence-corrected chi connectivity index (χ1v) is 11.1. The number of anilines is 1. The lowest BCUT2D eigenvalue weighted by molar-refractivity contribution is 0.0950. The molecule has 2 aromatic carbocycles. The summed E-state index contributed by atoms with van der Waals surface area (Å²) < 4.78 is 6.10. The molecule has 31 heavy (non-hydrogen) atoms. The fraction of sp³-hybridized carbons (Fsp3) is 0.417. The van der Waals surface area contributed by atoms with Crippen LogP contribution in [-0.4, -0.2) is 44.1 Å². The number of ether oxygens (including phenoxy) is 1. The van der Waals surface area contributed by atoms with E-state index in [1.807, 2.05) is 48.5 Å². The number of carbonyl (C=O) groups excluding carboxylic acids is 1. The van der Waals surface area contributed by atoms with Gasteiger partial charge in [-0.3, -0.25) is 9.79 Å². The van der Waals surface area contributed by atoms with Gasteiger partial charge in [0.05, 0.1) is 12.6 Å². The molecule has 164 valence electrons. The van der Waals surface area contributed by atoms with Gasteiger partial charge < -0.3 is 26.0 Å². The second-order valence-corrected chi connectivity index (χ2v) is 8.10. The number of nitrogens with zero attached hydrogens (tertiary/aromatic N) is 1. The van der Waals surface area contributed by atoms with Gasteiger partial charge in [0.25, 0.3) is 5.91 Å². The maximum Gasteiger partial charge on any atom is 0.251 e. The molecule has 7 nitrogen and oxygen atoms in total. The van der Waals surface area contributed by atoms with E-state index < -0.39 is 0 Å². The first-order valence-electron chi connectivity index (χ1n) is 11.1. The van der Waals surface area contributed by atoms with Crippen molar-refractivity contribution in [3.63, 3.8) is 0 Å². The molecule has 0 bridgehead atoms. The number of hydrogen-bond acceptors (Lipinski definition) is 6. The Balaban J connectivity index is 1.24. The van der Waals surface area contributed by atoms with E-state index in [0.29, 0.717) is 18.0 Å². The first kappa shape index (κ1) is 21.2. The Morgan fingerprint density at radius 2 is 1.84 bits per heavy atom. The van der Waals surface area contributed by atoms with E-state index in [0.717, 1.165) is 62.0 Å². The minimum Gasteiger partial charge on any atom is -0.490 e. The maximum atomic E-state index is 12.5. The number of amides is 1. The van der Waals surface area contributed by atoms with Crippen LogP contribution in [0.3, 0.4) is 0 Å². The van der Waals surface area contributed by atoms with E-state index in [-0.39, 0.29) is 12.0 Å². The van der Waals surface area contributed by atoms with Crippen LogP contribution in [0.25, 0.3) is 0 Å². The number of guanidine groups is 1. The molecule has 1 amide bonds. The number of aliphatic imine (C=N–C) groups is 1. The Kier molecular flexibility index (Phi) is 7.04. The minimum atomic E-state index is -0.0929. The molecule has 0 aromatic heterocycles. The van der Waals surface area contributed by atoms with Crippen molar-refractivity contribution in [3.05, 3.63) is 59.7 Å². The third-order valence-corrected chi connectivity index (χ3v) is 5.83. The molecule has 2 aliphatic rings. The van der Waals surface area contributed by atoms with E-state index in [2.05, 4.69) is 33.2 Å². The number of benzene rings is 2. The molecule has 7 heteroatoms. The molecule has 1 atom stereocenters. The first-order chi connectivity index (χ1) is 15.2. The van der Waals surface area contributed by atoms with Crippen LogP contribution in [0.4, 0.5) is 5.69 Å². The second-order valence-electron chi connectivity index (χ2n) is 8.10. The quantitative estimate of drug-likeness (QED) is 0.552. The van der Waals surface area contributed by atoms with Crippen LogP contribution < -0.4 is 26.0 Å². The van der Waals surface area contributed by atoms with E-state index >= 15 is 0 Å². The average molecular weight is 422 g/mol. The third-order valence-electron chi connectivity index (χ3n) is 5.83.